The van der Waals surface area contributed by atoms with E-state index in [0.29, 0.717) is 20.6 Å². The Bertz CT molecular complexity index is 1120. The molecule has 0 aliphatic rings. The van der Waals surface area contributed by atoms with E-state index in [2.05, 4.69) is 9.97 Å². The lowest BCUT2D eigenvalue weighted by Gasteiger charge is -2.09. The van der Waals surface area contributed by atoms with Gasteiger partial charge in [-0.1, -0.05) is 58.5 Å². The first kappa shape index (κ1) is 20.4. The fraction of sp³-hybridized carbons (Fsp3) is 0. The molecule has 28 heavy (non-hydrogen) atoms. The molecule has 2 aromatic carbocycles. The van der Waals surface area contributed by atoms with Gasteiger partial charge in [0, 0.05) is 11.6 Å². The van der Waals surface area contributed by atoms with Crippen LogP contribution in [0.15, 0.2) is 53.6 Å². The molecule has 9 heteroatoms. The van der Waals surface area contributed by atoms with E-state index in [1.165, 1.54) is 18.5 Å². The van der Waals surface area contributed by atoms with Crippen LogP contribution < -0.4 is 10.3 Å². The highest BCUT2D eigenvalue weighted by molar-refractivity contribution is 6.43. The van der Waals surface area contributed by atoms with E-state index in [4.69, 9.17) is 56.5 Å². The quantitative estimate of drug-likeness (QED) is 0.368. The van der Waals surface area contributed by atoms with Gasteiger partial charge in [-0.25, -0.2) is 4.98 Å². The zero-order valence-electron chi connectivity index (χ0n) is 14.0. The van der Waals surface area contributed by atoms with Gasteiger partial charge in [-0.2, -0.15) is 0 Å². The zero-order valence-corrected chi connectivity index (χ0v) is 17.0. The third-order valence-corrected chi connectivity index (χ3v) is 5.06. The van der Waals surface area contributed by atoms with Gasteiger partial charge in [-0.05, 0) is 30.3 Å². The van der Waals surface area contributed by atoms with Gasteiger partial charge < -0.3 is 9.72 Å². The molecule has 142 valence electrons. The lowest BCUT2D eigenvalue weighted by atomic mass is 10.0. The number of halogens is 4. The summed E-state index contributed by atoms with van der Waals surface area (Å²) >= 11 is 24.4. The fourth-order valence-corrected chi connectivity index (χ4v) is 3.30. The monoisotopic (exact) mass is 453 g/mol. The number of nitrogens with one attached hydrogen (secondary N) is 2. The van der Waals surface area contributed by atoms with Gasteiger partial charge in [-0.3, -0.25) is 10.2 Å². The Morgan fingerprint density at radius 3 is 2.36 bits per heavy atom. The van der Waals surface area contributed by atoms with E-state index in [-0.39, 0.29) is 27.9 Å². The number of hydrogen-bond acceptors (Lipinski definition) is 4. The summed E-state index contributed by atoms with van der Waals surface area (Å²) in [5, 5.41) is 9.09. The number of aromatic amines is 1. The average molecular weight is 455 g/mol. The maximum Gasteiger partial charge on any atom is 0.259 e. The van der Waals surface area contributed by atoms with Crippen LogP contribution in [0.5, 0.6) is 5.75 Å². The molecule has 1 aromatic heterocycles. The summed E-state index contributed by atoms with van der Waals surface area (Å²) in [6, 6.07) is 9.75. The van der Waals surface area contributed by atoms with Gasteiger partial charge in [0.15, 0.2) is 0 Å². The molecule has 0 fully saturated rings. The van der Waals surface area contributed by atoms with Gasteiger partial charge in [0.25, 0.3) is 5.56 Å². The minimum Gasteiger partial charge on any atom is -0.438 e. The standard InChI is InChI=1S/C19H11Cl4N3O2/c20-10-3-1-4-11(21)16(10)17-13(25-9-26-19(17)27)7-8-15(24)28-14-6-2-5-12(22)18(14)23/h1-9,24H,(H,25,26,27)/b8-7-,24-15?. The molecule has 0 unspecified atom stereocenters. The van der Waals surface area contributed by atoms with Crippen molar-refractivity contribution >= 4 is 58.4 Å². The van der Waals surface area contributed by atoms with E-state index >= 15 is 0 Å². The van der Waals surface area contributed by atoms with Crippen molar-refractivity contribution in [2.24, 2.45) is 0 Å². The first-order valence-corrected chi connectivity index (χ1v) is 9.30. The predicted molar refractivity (Wildman–Crippen MR) is 114 cm³/mol. The molecule has 0 atom stereocenters. The van der Waals surface area contributed by atoms with Crippen LogP contribution in [-0.2, 0) is 0 Å². The highest BCUT2D eigenvalue weighted by Gasteiger charge is 2.16. The Hall–Kier alpha value is -2.31. The summed E-state index contributed by atoms with van der Waals surface area (Å²) in [5.74, 6) is -0.000453. The van der Waals surface area contributed by atoms with Crippen LogP contribution in [0.4, 0.5) is 0 Å². The third-order valence-electron chi connectivity index (χ3n) is 3.62. The molecular formula is C19H11Cl4N3O2. The molecule has 0 amide bonds. The summed E-state index contributed by atoms with van der Waals surface area (Å²) in [6.07, 6.45) is 4.02. The molecule has 1 heterocycles. The number of hydrogen-bond donors (Lipinski definition) is 2. The van der Waals surface area contributed by atoms with Crippen LogP contribution in [-0.4, -0.2) is 15.9 Å². The van der Waals surface area contributed by atoms with Crippen molar-refractivity contribution in [3.63, 3.8) is 0 Å². The summed E-state index contributed by atoms with van der Waals surface area (Å²) in [4.78, 5) is 19.0. The molecule has 0 spiro atoms. The van der Waals surface area contributed by atoms with Crippen molar-refractivity contribution in [2.75, 3.05) is 0 Å². The molecular weight excluding hydrogens is 444 g/mol. The van der Waals surface area contributed by atoms with Crippen molar-refractivity contribution in [1.29, 1.82) is 5.41 Å². The number of aromatic nitrogens is 2. The predicted octanol–water partition coefficient (Wildman–Crippen LogP) is 6.12. The Kier molecular flexibility index (Phi) is 6.42. The van der Waals surface area contributed by atoms with Crippen LogP contribution in [0.3, 0.4) is 0 Å². The maximum atomic E-state index is 12.4. The van der Waals surface area contributed by atoms with Crippen molar-refractivity contribution in [1.82, 2.24) is 9.97 Å². The smallest absolute Gasteiger partial charge is 0.259 e. The number of H-pyrrole nitrogens is 1. The van der Waals surface area contributed by atoms with Gasteiger partial charge >= 0.3 is 0 Å². The van der Waals surface area contributed by atoms with E-state index < -0.39 is 5.56 Å². The molecule has 0 aliphatic carbocycles. The number of rotatable bonds is 4. The first-order chi connectivity index (χ1) is 13.4. The molecule has 0 saturated carbocycles. The largest absolute Gasteiger partial charge is 0.438 e. The second-order valence-corrected chi connectivity index (χ2v) is 7.04. The highest BCUT2D eigenvalue weighted by Crippen LogP contribution is 2.34. The summed E-state index contributed by atoms with van der Waals surface area (Å²) in [6.45, 7) is 0. The molecule has 3 aromatic rings. The molecule has 0 bridgehead atoms. The van der Waals surface area contributed by atoms with Crippen molar-refractivity contribution in [3.05, 3.63) is 84.9 Å². The molecule has 0 radical (unpaired) electrons. The molecule has 3 rings (SSSR count). The van der Waals surface area contributed by atoms with Gasteiger partial charge in [0.1, 0.15) is 10.8 Å². The second kappa shape index (κ2) is 8.80. The minimum atomic E-state index is -0.421. The van der Waals surface area contributed by atoms with Gasteiger partial charge in [0.05, 0.1) is 32.7 Å². The third kappa shape index (κ3) is 4.39. The van der Waals surface area contributed by atoms with Crippen molar-refractivity contribution in [3.8, 4) is 16.9 Å². The summed E-state index contributed by atoms with van der Waals surface area (Å²) in [5.41, 5.74) is 0.382. The maximum absolute atomic E-state index is 12.4. The van der Waals surface area contributed by atoms with Crippen LogP contribution in [0.2, 0.25) is 20.1 Å². The number of nitrogens with zero attached hydrogens (tertiary/aromatic N) is 1. The van der Waals surface area contributed by atoms with E-state index in [9.17, 15) is 4.79 Å². The Balaban J connectivity index is 1.95. The molecule has 0 aliphatic heterocycles. The van der Waals surface area contributed by atoms with Gasteiger partial charge in [-0.15, -0.1) is 0 Å². The van der Waals surface area contributed by atoms with Crippen molar-refractivity contribution < 1.29 is 4.74 Å². The summed E-state index contributed by atoms with van der Waals surface area (Å²) in [7, 11) is 0. The SMILES string of the molecule is N=C(/C=C\c1nc[nH]c(=O)c1-c1c(Cl)cccc1Cl)Oc1cccc(Cl)c1Cl. The Morgan fingerprint density at radius 1 is 1.00 bits per heavy atom. The van der Waals surface area contributed by atoms with Crippen LogP contribution in [0.25, 0.3) is 17.2 Å². The number of ether oxygens (including phenoxy) is 1. The molecule has 5 nitrogen and oxygen atoms in total. The second-order valence-electron chi connectivity index (χ2n) is 5.44. The topological polar surface area (TPSA) is 78.8 Å². The molecule has 0 saturated heterocycles. The average Bonchev–Trinajstić information content (AvgIpc) is 2.65. The van der Waals surface area contributed by atoms with Crippen molar-refractivity contribution in [2.45, 2.75) is 0 Å². The Morgan fingerprint density at radius 2 is 1.64 bits per heavy atom. The normalized spacial score (nSPS) is 11.0. The zero-order chi connectivity index (χ0) is 20.3. The lowest BCUT2D eigenvalue weighted by Crippen LogP contribution is -2.12. The van der Waals surface area contributed by atoms with Crippen LogP contribution in [0.1, 0.15) is 5.69 Å². The Labute approximate surface area is 180 Å². The lowest BCUT2D eigenvalue weighted by molar-refractivity contribution is 0.551. The van der Waals surface area contributed by atoms with E-state index in [1.54, 1.807) is 36.4 Å². The van der Waals surface area contributed by atoms with Crippen LogP contribution in [0, 0.1) is 5.41 Å². The summed E-state index contributed by atoms with van der Waals surface area (Å²) < 4.78 is 5.39. The fourth-order valence-electron chi connectivity index (χ4n) is 2.39. The van der Waals surface area contributed by atoms with E-state index in [0.717, 1.165) is 0 Å². The first-order valence-electron chi connectivity index (χ1n) is 7.79. The van der Waals surface area contributed by atoms with E-state index in [1.807, 2.05) is 0 Å². The van der Waals surface area contributed by atoms with Crippen LogP contribution >= 0.6 is 46.4 Å². The number of benzene rings is 2. The molecule has 2 N–H and O–H groups in total. The highest BCUT2D eigenvalue weighted by atomic mass is 35.5. The van der Waals surface area contributed by atoms with Gasteiger partial charge in [0.2, 0.25) is 5.90 Å². The minimum absolute atomic E-state index is 0.183.